The van der Waals surface area contributed by atoms with E-state index in [-0.39, 0.29) is 5.91 Å². The predicted octanol–water partition coefficient (Wildman–Crippen LogP) is 6.05. The molecule has 0 saturated carbocycles. The maximum absolute atomic E-state index is 11.9. The highest BCUT2D eigenvalue weighted by atomic mass is 80.0. The molecule has 0 unspecified atom stereocenters. The van der Waals surface area contributed by atoms with Gasteiger partial charge in [0.1, 0.15) is 5.01 Å². The fourth-order valence-corrected chi connectivity index (χ4v) is 3.31. The Balaban J connectivity index is 1.85. The van der Waals surface area contributed by atoms with Crippen molar-refractivity contribution in [3.63, 3.8) is 0 Å². The second-order valence-electron chi connectivity index (χ2n) is 5.02. The van der Waals surface area contributed by atoms with Crippen molar-refractivity contribution in [2.24, 2.45) is 0 Å². The zero-order valence-electron chi connectivity index (χ0n) is 11.9. The molecule has 0 bridgehead atoms. The number of hydrogen-bond acceptors (Lipinski definition) is 3. The number of fused-ring (bicyclic) bond motifs is 1. The number of carbonyl (C=O) groups is 1. The van der Waals surface area contributed by atoms with Gasteiger partial charge in [0.15, 0.2) is 0 Å². The summed E-state index contributed by atoms with van der Waals surface area (Å²) in [5, 5.41) is 3.77. The van der Waals surface area contributed by atoms with Crippen LogP contribution in [0.4, 0.5) is 5.69 Å². The quantitative estimate of drug-likeness (QED) is 0.420. The van der Waals surface area contributed by atoms with Crippen molar-refractivity contribution >= 4 is 80.9 Å². The number of hydrogen-bond donors (Lipinski definition) is 1. The molecule has 23 heavy (non-hydrogen) atoms. The lowest BCUT2D eigenvalue weighted by Gasteiger charge is -2.12. The topological polar surface area (TPSA) is 42.0 Å². The van der Waals surface area contributed by atoms with Gasteiger partial charge < -0.3 is 5.32 Å². The molecule has 0 fully saturated rings. The van der Waals surface area contributed by atoms with Crippen LogP contribution < -0.4 is 5.32 Å². The molecule has 3 aromatic rings. The number of aryl methyl sites for hydroxylation is 1. The number of thiazole rings is 1. The van der Waals surface area contributed by atoms with Crippen LogP contribution in [0.15, 0.2) is 42.5 Å². The van der Waals surface area contributed by atoms with E-state index in [0.717, 1.165) is 21.8 Å². The average molecular weight is 519 g/mol. The molecule has 3 rings (SSSR count). The highest BCUT2D eigenvalue weighted by molar-refractivity contribution is 9.40. The lowest BCUT2D eigenvalue weighted by molar-refractivity contribution is -0.114. The Morgan fingerprint density at radius 3 is 2.48 bits per heavy atom. The monoisotopic (exact) mass is 516 g/mol. The summed E-state index contributed by atoms with van der Waals surface area (Å²) >= 11 is 11.2. The zero-order chi connectivity index (χ0) is 16.6. The Kier molecular flexibility index (Phi) is 4.92. The minimum absolute atomic E-state index is 0.235. The third kappa shape index (κ3) is 4.02. The van der Waals surface area contributed by atoms with E-state index in [4.69, 9.17) is 0 Å². The fraction of sp³-hybridized carbons (Fsp3) is 0.125. The summed E-state index contributed by atoms with van der Waals surface area (Å²) in [7, 11) is 0. The molecule has 0 radical (unpaired) electrons. The Morgan fingerprint density at radius 2 is 1.83 bits per heavy atom. The van der Waals surface area contributed by atoms with Crippen molar-refractivity contribution in [1.29, 1.82) is 0 Å². The standard InChI is InChI=1S/C16H11Br3N2OS/c1-9-2-7-13-12(8-9)21-14(23-13)10-3-5-11(6-4-10)20-15(22)16(17,18)19/h2-8H,1H3,(H,20,22). The Morgan fingerprint density at radius 1 is 1.13 bits per heavy atom. The number of aromatic nitrogens is 1. The molecule has 0 aliphatic rings. The van der Waals surface area contributed by atoms with E-state index in [2.05, 4.69) is 83.2 Å². The van der Waals surface area contributed by atoms with Crippen molar-refractivity contribution < 1.29 is 4.79 Å². The summed E-state index contributed by atoms with van der Waals surface area (Å²) in [6.07, 6.45) is 0. The number of carbonyl (C=O) groups excluding carboxylic acids is 1. The van der Waals surface area contributed by atoms with Gasteiger partial charge in [-0.15, -0.1) is 11.3 Å². The van der Waals surface area contributed by atoms with Gasteiger partial charge in [0, 0.05) is 11.3 Å². The van der Waals surface area contributed by atoms with Crippen LogP contribution in [-0.2, 0) is 4.79 Å². The molecule has 1 N–H and O–H groups in total. The highest BCUT2D eigenvalue weighted by Gasteiger charge is 2.28. The summed E-state index contributed by atoms with van der Waals surface area (Å²) in [6.45, 7) is 2.06. The molecular weight excluding hydrogens is 508 g/mol. The Bertz CT molecular complexity index is 869. The third-order valence-corrected chi connectivity index (χ3v) is 5.36. The van der Waals surface area contributed by atoms with Gasteiger partial charge in [0.05, 0.1) is 10.2 Å². The summed E-state index contributed by atoms with van der Waals surface area (Å²) in [5.74, 6) is -0.235. The molecule has 0 atom stereocenters. The lowest BCUT2D eigenvalue weighted by Crippen LogP contribution is -2.25. The van der Waals surface area contributed by atoms with Gasteiger partial charge in [-0.2, -0.15) is 0 Å². The molecule has 118 valence electrons. The number of amides is 1. The van der Waals surface area contributed by atoms with Crippen LogP contribution in [0.3, 0.4) is 0 Å². The van der Waals surface area contributed by atoms with E-state index in [9.17, 15) is 4.79 Å². The van der Waals surface area contributed by atoms with Crippen LogP contribution in [-0.4, -0.2) is 13.0 Å². The lowest BCUT2D eigenvalue weighted by atomic mass is 10.2. The molecule has 0 saturated heterocycles. The van der Waals surface area contributed by atoms with Gasteiger partial charge in [-0.25, -0.2) is 4.98 Å². The largest absolute Gasteiger partial charge is 0.323 e. The van der Waals surface area contributed by atoms with Gasteiger partial charge in [-0.1, -0.05) is 6.07 Å². The summed E-state index contributed by atoms with van der Waals surface area (Å²) in [6, 6.07) is 13.9. The van der Waals surface area contributed by atoms with E-state index in [1.54, 1.807) is 11.3 Å². The number of benzene rings is 2. The van der Waals surface area contributed by atoms with E-state index in [0.29, 0.717) is 0 Å². The SMILES string of the molecule is Cc1ccc2sc(-c3ccc(NC(=O)C(Br)(Br)Br)cc3)nc2c1. The molecule has 3 nitrogen and oxygen atoms in total. The number of halogens is 3. The molecule has 0 spiro atoms. The van der Waals surface area contributed by atoms with Gasteiger partial charge in [-0.05, 0) is 96.7 Å². The first-order chi connectivity index (χ1) is 10.8. The second kappa shape index (κ2) is 6.63. The summed E-state index contributed by atoms with van der Waals surface area (Å²) < 4.78 is 0.210. The maximum atomic E-state index is 11.9. The highest BCUT2D eigenvalue weighted by Crippen LogP contribution is 2.35. The fourth-order valence-electron chi connectivity index (χ4n) is 2.06. The van der Waals surface area contributed by atoms with Gasteiger partial charge >= 0.3 is 0 Å². The first-order valence-corrected chi connectivity index (χ1v) is 9.88. The van der Waals surface area contributed by atoms with Gasteiger partial charge in [0.25, 0.3) is 5.91 Å². The number of anilines is 1. The molecule has 0 aliphatic heterocycles. The first-order valence-electron chi connectivity index (χ1n) is 6.69. The van der Waals surface area contributed by atoms with Crippen LogP contribution in [0.5, 0.6) is 0 Å². The van der Waals surface area contributed by atoms with Crippen molar-refractivity contribution in [3.05, 3.63) is 48.0 Å². The van der Waals surface area contributed by atoms with Crippen molar-refractivity contribution in [2.75, 3.05) is 5.32 Å². The van der Waals surface area contributed by atoms with E-state index in [1.807, 2.05) is 24.3 Å². The van der Waals surface area contributed by atoms with Crippen LogP contribution >= 0.6 is 59.1 Å². The number of rotatable bonds is 2. The van der Waals surface area contributed by atoms with Crippen LogP contribution in [0.25, 0.3) is 20.8 Å². The third-order valence-electron chi connectivity index (χ3n) is 3.19. The van der Waals surface area contributed by atoms with Crippen molar-refractivity contribution in [1.82, 2.24) is 4.98 Å². The normalized spacial score (nSPS) is 11.7. The second-order valence-corrected chi connectivity index (χ2v) is 12.8. The van der Waals surface area contributed by atoms with Gasteiger partial charge in [-0.3, -0.25) is 4.79 Å². The minimum atomic E-state index is -0.962. The number of nitrogens with zero attached hydrogens (tertiary/aromatic N) is 1. The molecule has 1 amide bonds. The molecular formula is C16H11Br3N2OS. The minimum Gasteiger partial charge on any atom is -0.323 e. The first kappa shape index (κ1) is 17.1. The molecule has 7 heteroatoms. The van der Waals surface area contributed by atoms with Crippen molar-refractivity contribution in [2.45, 2.75) is 9.07 Å². The summed E-state index contributed by atoms with van der Waals surface area (Å²) in [5.41, 5.74) is 3.98. The Labute approximate surface area is 162 Å². The van der Waals surface area contributed by atoms with Gasteiger partial charge in [0.2, 0.25) is 2.14 Å². The number of alkyl halides is 3. The molecule has 1 heterocycles. The average Bonchev–Trinajstić information content (AvgIpc) is 2.90. The van der Waals surface area contributed by atoms with Crippen LogP contribution in [0, 0.1) is 6.92 Å². The van der Waals surface area contributed by atoms with Crippen LogP contribution in [0.2, 0.25) is 0 Å². The molecule has 0 aliphatic carbocycles. The van der Waals surface area contributed by atoms with E-state index in [1.165, 1.54) is 10.3 Å². The van der Waals surface area contributed by atoms with E-state index < -0.39 is 2.14 Å². The van der Waals surface area contributed by atoms with Crippen LogP contribution in [0.1, 0.15) is 5.56 Å². The maximum Gasteiger partial charge on any atom is 0.263 e. The van der Waals surface area contributed by atoms with Crippen molar-refractivity contribution in [3.8, 4) is 10.6 Å². The Hall–Kier alpha value is -0.760. The molecule has 2 aromatic carbocycles. The zero-order valence-corrected chi connectivity index (χ0v) is 17.5. The number of nitrogens with one attached hydrogen (secondary N) is 1. The predicted molar refractivity (Wildman–Crippen MR) is 108 cm³/mol. The summed E-state index contributed by atoms with van der Waals surface area (Å²) in [4.78, 5) is 16.6. The molecule has 1 aromatic heterocycles. The smallest absolute Gasteiger partial charge is 0.263 e. The van der Waals surface area contributed by atoms with E-state index >= 15 is 0 Å².